The molecule has 0 spiro atoms. The van der Waals surface area contributed by atoms with Crippen LogP contribution in [-0.4, -0.2) is 42.1 Å². The van der Waals surface area contributed by atoms with Gasteiger partial charge in [-0.25, -0.2) is 0 Å². The van der Waals surface area contributed by atoms with Gasteiger partial charge in [-0.1, -0.05) is 13.8 Å². The molecule has 2 heteroatoms. The summed E-state index contributed by atoms with van der Waals surface area (Å²) < 4.78 is 0. The Morgan fingerprint density at radius 1 is 1.09 bits per heavy atom. The second-order valence-corrected chi connectivity index (χ2v) is 3.24. The van der Waals surface area contributed by atoms with Gasteiger partial charge in [-0.05, 0) is 26.4 Å². The van der Waals surface area contributed by atoms with Crippen molar-refractivity contribution in [3.8, 4) is 0 Å². The predicted octanol–water partition coefficient (Wildman–Crippen LogP) is 1.38. The molecule has 2 nitrogen and oxygen atoms in total. The van der Waals surface area contributed by atoms with Crippen molar-refractivity contribution in [3.05, 3.63) is 0 Å². The molecule has 0 unspecified atom stereocenters. The van der Waals surface area contributed by atoms with E-state index in [4.69, 9.17) is 0 Å². The summed E-state index contributed by atoms with van der Waals surface area (Å²) in [5.74, 6) is 0. The van der Waals surface area contributed by atoms with E-state index in [1.54, 1.807) is 0 Å². The summed E-state index contributed by atoms with van der Waals surface area (Å²) in [4.78, 5) is 5.07. The highest BCUT2D eigenvalue weighted by Crippen LogP contribution is 2.12. The van der Waals surface area contributed by atoms with Gasteiger partial charge in [0.15, 0.2) is 0 Å². The lowest BCUT2D eigenvalue weighted by molar-refractivity contribution is 0.0236. The van der Waals surface area contributed by atoms with E-state index in [1.165, 1.54) is 32.6 Å². The SMILES string of the molecule is CCN1CCCN(CC)C1C. The highest BCUT2D eigenvalue weighted by Gasteiger charge is 2.22. The van der Waals surface area contributed by atoms with Crippen LogP contribution in [0.2, 0.25) is 0 Å². The lowest BCUT2D eigenvalue weighted by Gasteiger charge is -2.41. The van der Waals surface area contributed by atoms with Crippen molar-refractivity contribution < 1.29 is 0 Å². The Morgan fingerprint density at radius 3 is 1.91 bits per heavy atom. The van der Waals surface area contributed by atoms with Crippen LogP contribution >= 0.6 is 0 Å². The molecule has 0 aliphatic carbocycles. The Balaban J connectivity index is 2.45. The van der Waals surface area contributed by atoms with Gasteiger partial charge in [0.25, 0.3) is 0 Å². The van der Waals surface area contributed by atoms with Gasteiger partial charge >= 0.3 is 0 Å². The average molecular weight is 156 g/mol. The molecule has 0 aromatic carbocycles. The third-order valence-corrected chi connectivity index (χ3v) is 2.76. The van der Waals surface area contributed by atoms with Crippen molar-refractivity contribution in [2.24, 2.45) is 0 Å². The van der Waals surface area contributed by atoms with Gasteiger partial charge in [-0.15, -0.1) is 0 Å². The minimum Gasteiger partial charge on any atom is -0.288 e. The minimum atomic E-state index is 0.666. The van der Waals surface area contributed by atoms with E-state index < -0.39 is 0 Å². The fourth-order valence-corrected chi connectivity index (χ4v) is 1.93. The first-order valence-electron chi connectivity index (χ1n) is 4.77. The van der Waals surface area contributed by atoms with E-state index >= 15 is 0 Å². The monoisotopic (exact) mass is 156 g/mol. The zero-order valence-electron chi connectivity index (χ0n) is 8.01. The predicted molar refractivity (Wildman–Crippen MR) is 48.6 cm³/mol. The highest BCUT2D eigenvalue weighted by molar-refractivity contribution is 4.73. The van der Waals surface area contributed by atoms with Gasteiger partial charge in [0.2, 0.25) is 0 Å². The molecule has 1 fully saturated rings. The summed E-state index contributed by atoms with van der Waals surface area (Å²) in [6.45, 7) is 11.8. The van der Waals surface area contributed by atoms with E-state index in [1.807, 2.05) is 0 Å². The first-order chi connectivity index (χ1) is 5.29. The van der Waals surface area contributed by atoms with Crippen LogP contribution in [0, 0.1) is 0 Å². The van der Waals surface area contributed by atoms with Crippen LogP contribution < -0.4 is 0 Å². The molecule has 0 saturated carbocycles. The topological polar surface area (TPSA) is 6.48 Å². The second kappa shape index (κ2) is 4.07. The summed E-state index contributed by atoms with van der Waals surface area (Å²) in [6.07, 6.45) is 2.00. The van der Waals surface area contributed by atoms with Crippen LogP contribution in [0.3, 0.4) is 0 Å². The van der Waals surface area contributed by atoms with Crippen molar-refractivity contribution in [1.82, 2.24) is 9.80 Å². The van der Waals surface area contributed by atoms with Gasteiger partial charge in [-0.3, -0.25) is 9.80 Å². The van der Waals surface area contributed by atoms with Crippen molar-refractivity contribution in [2.75, 3.05) is 26.2 Å². The second-order valence-electron chi connectivity index (χ2n) is 3.24. The molecule has 1 saturated heterocycles. The van der Waals surface area contributed by atoms with Crippen LogP contribution in [0.4, 0.5) is 0 Å². The minimum absolute atomic E-state index is 0.666. The molecule has 0 amide bonds. The first kappa shape index (κ1) is 9.01. The van der Waals surface area contributed by atoms with Crippen molar-refractivity contribution in [1.29, 1.82) is 0 Å². The number of hydrogen-bond acceptors (Lipinski definition) is 2. The van der Waals surface area contributed by atoms with E-state index in [0.29, 0.717) is 6.17 Å². The standard InChI is InChI=1S/C9H20N2/c1-4-10-7-6-8-11(5-2)9(10)3/h9H,4-8H2,1-3H3. The molecule has 0 N–H and O–H groups in total. The van der Waals surface area contributed by atoms with Crippen molar-refractivity contribution in [2.45, 2.75) is 33.4 Å². The van der Waals surface area contributed by atoms with Gasteiger partial charge in [-0.2, -0.15) is 0 Å². The van der Waals surface area contributed by atoms with Crippen LogP contribution in [-0.2, 0) is 0 Å². The quantitative estimate of drug-likeness (QED) is 0.596. The fraction of sp³-hybridized carbons (Fsp3) is 1.00. The van der Waals surface area contributed by atoms with Gasteiger partial charge in [0.05, 0.1) is 6.17 Å². The average Bonchev–Trinajstić information content (AvgIpc) is 2.05. The Labute approximate surface area is 70.2 Å². The fourth-order valence-electron chi connectivity index (χ4n) is 1.93. The summed E-state index contributed by atoms with van der Waals surface area (Å²) in [7, 11) is 0. The summed E-state index contributed by atoms with van der Waals surface area (Å²) in [6, 6.07) is 0. The van der Waals surface area contributed by atoms with Crippen LogP contribution in [0.25, 0.3) is 0 Å². The molecule has 1 rings (SSSR count). The number of hydrogen-bond donors (Lipinski definition) is 0. The maximum atomic E-state index is 2.53. The molecule has 0 bridgehead atoms. The van der Waals surface area contributed by atoms with Gasteiger partial charge < -0.3 is 0 Å². The zero-order chi connectivity index (χ0) is 8.27. The molecule has 0 aromatic heterocycles. The smallest absolute Gasteiger partial charge is 0.0593 e. The normalized spacial score (nSPS) is 24.3. The maximum Gasteiger partial charge on any atom is 0.0593 e. The zero-order valence-corrected chi connectivity index (χ0v) is 8.01. The summed E-state index contributed by atoms with van der Waals surface area (Å²) >= 11 is 0. The lowest BCUT2D eigenvalue weighted by atomic mass is 10.2. The van der Waals surface area contributed by atoms with Crippen LogP contribution in [0.1, 0.15) is 27.2 Å². The van der Waals surface area contributed by atoms with E-state index in [2.05, 4.69) is 30.6 Å². The van der Waals surface area contributed by atoms with Crippen LogP contribution in [0.5, 0.6) is 0 Å². The maximum absolute atomic E-state index is 2.53. The molecular formula is C9H20N2. The van der Waals surface area contributed by atoms with Crippen molar-refractivity contribution in [3.63, 3.8) is 0 Å². The van der Waals surface area contributed by atoms with Crippen LogP contribution in [0.15, 0.2) is 0 Å². The molecule has 11 heavy (non-hydrogen) atoms. The molecular weight excluding hydrogens is 136 g/mol. The Morgan fingerprint density at radius 2 is 1.55 bits per heavy atom. The van der Waals surface area contributed by atoms with Gasteiger partial charge in [0.1, 0.15) is 0 Å². The first-order valence-corrected chi connectivity index (χ1v) is 4.77. The van der Waals surface area contributed by atoms with E-state index in [9.17, 15) is 0 Å². The molecule has 0 atom stereocenters. The molecule has 0 aromatic rings. The summed E-state index contributed by atoms with van der Waals surface area (Å²) in [5, 5.41) is 0. The Hall–Kier alpha value is -0.0800. The number of rotatable bonds is 2. The molecule has 1 aliphatic heterocycles. The third kappa shape index (κ3) is 1.94. The van der Waals surface area contributed by atoms with E-state index in [0.717, 1.165) is 0 Å². The highest BCUT2D eigenvalue weighted by atomic mass is 15.4. The third-order valence-electron chi connectivity index (χ3n) is 2.76. The largest absolute Gasteiger partial charge is 0.288 e. The molecule has 1 heterocycles. The summed E-state index contributed by atoms with van der Waals surface area (Å²) in [5.41, 5.74) is 0. The Kier molecular flexibility index (Phi) is 3.34. The molecule has 1 aliphatic rings. The van der Waals surface area contributed by atoms with Crippen molar-refractivity contribution >= 4 is 0 Å². The van der Waals surface area contributed by atoms with E-state index in [-0.39, 0.29) is 0 Å². The lowest BCUT2D eigenvalue weighted by Crippen LogP contribution is -2.51. The molecule has 66 valence electrons. The molecule has 0 radical (unpaired) electrons. The number of nitrogens with zero attached hydrogens (tertiary/aromatic N) is 2. The van der Waals surface area contributed by atoms with Gasteiger partial charge in [0, 0.05) is 13.1 Å². The Bertz CT molecular complexity index is 102.